The number of hydrogen-bond donors (Lipinski definition) is 2. The van der Waals surface area contributed by atoms with Crippen LogP contribution in [0, 0.1) is 0 Å². The van der Waals surface area contributed by atoms with Gasteiger partial charge < -0.3 is 10.4 Å². The van der Waals surface area contributed by atoms with Crippen LogP contribution in [0.3, 0.4) is 0 Å². The van der Waals surface area contributed by atoms with E-state index in [9.17, 15) is 4.79 Å². The smallest absolute Gasteiger partial charge is 0.220 e. The highest BCUT2D eigenvalue weighted by atomic mass is 16.3. The van der Waals surface area contributed by atoms with Crippen molar-refractivity contribution in [1.29, 1.82) is 0 Å². The lowest BCUT2D eigenvalue weighted by molar-refractivity contribution is -0.122. The second-order valence-corrected chi connectivity index (χ2v) is 6.63. The Hall–Kier alpha value is -1.61. The highest BCUT2D eigenvalue weighted by Crippen LogP contribution is 2.01. The van der Waals surface area contributed by atoms with Gasteiger partial charge in [0.05, 0.1) is 6.61 Å². The minimum absolute atomic E-state index is 0.0110. The van der Waals surface area contributed by atoms with Crippen molar-refractivity contribution in [1.82, 2.24) is 5.32 Å². The first-order chi connectivity index (χ1) is 12.7. The molecular weight excluding hydrogens is 322 g/mol. The molecule has 0 heterocycles. The quantitative estimate of drug-likeness (QED) is 0.276. The number of amides is 1. The Morgan fingerprint density at radius 2 is 1.35 bits per heavy atom. The van der Waals surface area contributed by atoms with Crippen LogP contribution < -0.4 is 5.32 Å². The number of nitrogens with one attached hydrogen (secondary N) is 1. The molecule has 148 valence electrons. The molecule has 0 unspecified atom stereocenters. The molecule has 0 bridgehead atoms. The van der Waals surface area contributed by atoms with E-state index >= 15 is 0 Å². The molecule has 0 aromatic heterocycles. The van der Waals surface area contributed by atoms with Crippen LogP contribution in [-0.4, -0.2) is 23.7 Å². The number of aliphatic hydroxyl groups is 1. The van der Waals surface area contributed by atoms with Gasteiger partial charge in [-0.3, -0.25) is 4.79 Å². The molecule has 26 heavy (non-hydrogen) atoms. The summed E-state index contributed by atoms with van der Waals surface area (Å²) in [6.45, 7) is 4.02. The number of hydrogen-bond acceptors (Lipinski definition) is 2. The van der Waals surface area contributed by atoms with E-state index in [0.717, 1.165) is 32.1 Å². The Bertz CT molecular complexity index is 435. The van der Waals surface area contributed by atoms with Gasteiger partial charge in [-0.2, -0.15) is 0 Å². The van der Waals surface area contributed by atoms with Gasteiger partial charge in [-0.15, -0.1) is 0 Å². The van der Waals surface area contributed by atoms with Gasteiger partial charge in [0.15, 0.2) is 0 Å². The largest absolute Gasteiger partial charge is 0.394 e. The summed E-state index contributed by atoms with van der Waals surface area (Å²) in [5.41, 5.74) is 0. The summed E-state index contributed by atoms with van der Waals surface area (Å²) in [6.07, 6.45) is 28.0. The van der Waals surface area contributed by atoms with E-state index in [2.05, 4.69) is 60.8 Å². The first-order valence-corrected chi connectivity index (χ1v) is 10.2. The fourth-order valence-corrected chi connectivity index (χ4v) is 2.33. The van der Waals surface area contributed by atoms with Gasteiger partial charge in [0.2, 0.25) is 5.91 Å². The van der Waals surface area contributed by atoms with Gasteiger partial charge in [0, 0.05) is 12.5 Å². The summed E-state index contributed by atoms with van der Waals surface area (Å²) in [6, 6.07) is -0.154. The number of unbranched alkanes of at least 4 members (excludes halogenated alkanes) is 4. The molecule has 0 aliphatic rings. The minimum Gasteiger partial charge on any atom is -0.394 e. The molecule has 0 saturated carbocycles. The van der Waals surface area contributed by atoms with Crippen LogP contribution in [-0.2, 0) is 4.79 Å². The molecule has 0 aliphatic carbocycles. The molecule has 0 radical (unpaired) electrons. The molecule has 0 aliphatic heterocycles. The summed E-state index contributed by atoms with van der Waals surface area (Å²) in [7, 11) is 0. The lowest BCUT2D eigenvalue weighted by Gasteiger charge is -2.09. The number of carbonyl (C=O) groups excluding carboxylic acids is 1. The second-order valence-electron chi connectivity index (χ2n) is 6.63. The third-order valence-corrected chi connectivity index (χ3v) is 3.91. The molecule has 3 nitrogen and oxygen atoms in total. The van der Waals surface area contributed by atoms with E-state index in [1.807, 2.05) is 0 Å². The van der Waals surface area contributed by atoms with Crippen molar-refractivity contribution in [2.75, 3.05) is 6.61 Å². The maximum Gasteiger partial charge on any atom is 0.220 e. The Labute approximate surface area is 161 Å². The van der Waals surface area contributed by atoms with Gasteiger partial charge in [0.1, 0.15) is 0 Å². The first kappa shape index (κ1) is 24.4. The Kier molecular flexibility index (Phi) is 18.5. The molecule has 3 heteroatoms. The van der Waals surface area contributed by atoms with E-state index < -0.39 is 0 Å². The van der Waals surface area contributed by atoms with Crippen LogP contribution in [0.5, 0.6) is 0 Å². The average molecular weight is 362 g/mol. The standard InChI is InChI=1S/C23H39NO2/c1-3-4-5-6-7-8-9-10-11-12-13-14-15-16-17-18-19-20-23(26)24-22(2)21-25/h7-8,10-11,13-14,16-17,22,25H,3-6,9,12,15,18-21H2,1-2H3,(H,24,26)/b8-7+,11-10+,14-13+,17-16+/t22-/m0/s1. The fraction of sp³-hybridized carbons (Fsp3) is 0.609. The molecular formula is C23H39NO2. The van der Waals surface area contributed by atoms with E-state index in [1.165, 1.54) is 25.7 Å². The molecule has 0 aromatic rings. The third-order valence-electron chi connectivity index (χ3n) is 3.91. The Morgan fingerprint density at radius 1 is 0.846 bits per heavy atom. The van der Waals surface area contributed by atoms with Crippen LogP contribution in [0.25, 0.3) is 0 Å². The minimum atomic E-state index is -0.154. The lowest BCUT2D eigenvalue weighted by atomic mass is 10.2. The van der Waals surface area contributed by atoms with E-state index in [0.29, 0.717) is 6.42 Å². The SMILES string of the molecule is CCCCC/C=C/C/C=C/C/C=C/C/C=C/CCCC(=O)N[C@@H](C)CO. The zero-order chi connectivity index (χ0) is 19.3. The summed E-state index contributed by atoms with van der Waals surface area (Å²) in [5, 5.41) is 11.6. The number of carbonyl (C=O) groups is 1. The Morgan fingerprint density at radius 3 is 1.85 bits per heavy atom. The second kappa shape index (κ2) is 19.7. The average Bonchev–Trinajstić information content (AvgIpc) is 2.64. The highest BCUT2D eigenvalue weighted by molar-refractivity contribution is 5.76. The van der Waals surface area contributed by atoms with Crippen molar-refractivity contribution >= 4 is 5.91 Å². The van der Waals surface area contributed by atoms with Gasteiger partial charge in [-0.05, 0) is 51.9 Å². The van der Waals surface area contributed by atoms with Gasteiger partial charge in [-0.25, -0.2) is 0 Å². The van der Waals surface area contributed by atoms with Crippen molar-refractivity contribution < 1.29 is 9.90 Å². The predicted octanol–water partition coefficient (Wildman–Crippen LogP) is 5.63. The summed E-state index contributed by atoms with van der Waals surface area (Å²) in [4.78, 5) is 11.5. The maximum atomic E-state index is 11.5. The molecule has 0 aromatic carbocycles. The van der Waals surface area contributed by atoms with Crippen molar-refractivity contribution in [2.24, 2.45) is 0 Å². The lowest BCUT2D eigenvalue weighted by Crippen LogP contribution is -2.34. The van der Waals surface area contributed by atoms with E-state index in [4.69, 9.17) is 5.11 Å². The maximum absolute atomic E-state index is 11.5. The third kappa shape index (κ3) is 18.7. The first-order valence-electron chi connectivity index (χ1n) is 10.2. The van der Waals surface area contributed by atoms with Crippen LogP contribution in [0.1, 0.15) is 78.1 Å². The van der Waals surface area contributed by atoms with Crippen LogP contribution in [0.2, 0.25) is 0 Å². The molecule has 1 atom stereocenters. The highest BCUT2D eigenvalue weighted by Gasteiger charge is 2.04. The molecule has 0 spiro atoms. The predicted molar refractivity (Wildman–Crippen MR) is 113 cm³/mol. The zero-order valence-electron chi connectivity index (χ0n) is 16.8. The zero-order valence-corrected chi connectivity index (χ0v) is 16.8. The molecule has 0 rings (SSSR count). The van der Waals surface area contributed by atoms with Crippen LogP contribution in [0.4, 0.5) is 0 Å². The number of allylic oxidation sites excluding steroid dienone is 8. The summed E-state index contributed by atoms with van der Waals surface area (Å²) >= 11 is 0. The van der Waals surface area contributed by atoms with Crippen LogP contribution >= 0.6 is 0 Å². The number of aliphatic hydroxyl groups excluding tert-OH is 1. The van der Waals surface area contributed by atoms with Gasteiger partial charge >= 0.3 is 0 Å². The van der Waals surface area contributed by atoms with Gasteiger partial charge in [-0.1, -0.05) is 68.4 Å². The van der Waals surface area contributed by atoms with Gasteiger partial charge in [0.25, 0.3) is 0 Å². The van der Waals surface area contributed by atoms with Crippen molar-refractivity contribution in [3.8, 4) is 0 Å². The van der Waals surface area contributed by atoms with Crippen LogP contribution in [0.15, 0.2) is 48.6 Å². The topological polar surface area (TPSA) is 49.3 Å². The Balaban J connectivity index is 3.50. The summed E-state index contributed by atoms with van der Waals surface area (Å²) < 4.78 is 0. The van der Waals surface area contributed by atoms with E-state index in [1.54, 1.807) is 6.92 Å². The van der Waals surface area contributed by atoms with E-state index in [-0.39, 0.29) is 18.6 Å². The number of rotatable bonds is 16. The normalized spacial score (nSPS) is 13.5. The molecule has 2 N–H and O–H groups in total. The van der Waals surface area contributed by atoms with Crippen molar-refractivity contribution in [2.45, 2.75) is 84.1 Å². The molecule has 1 amide bonds. The summed E-state index contributed by atoms with van der Waals surface area (Å²) in [5.74, 6) is 0.0161. The van der Waals surface area contributed by atoms with Crippen molar-refractivity contribution in [3.63, 3.8) is 0 Å². The molecule has 0 saturated heterocycles. The monoisotopic (exact) mass is 361 g/mol. The fourth-order valence-electron chi connectivity index (χ4n) is 2.33. The van der Waals surface area contributed by atoms with Crippen molar-refractivity contribution in [3.05, 3.63) is 48.6 Å². The molecule has 0 fully saturated rings.